The van der Waals surface area contributed by atoms with Crippen molar-refractivity contribution in [3.05, 3.63) is 0 Å². The number of likely N-dealkylation sites (N-methyl/N-ethyl adjacent to an activating group) is 1. The van der Waals surface area contributed by atoms with E-state index in [1.807, 2.05) is 0 Å². The van der Waals surface area contributed by atoms with E-state index in [0.717, 1.165) is 17.9 Å². The minimum Gasteiger partial charge on any atom is -0.312 e. The molecule has 2 atom stereocenters. The topological polar surface area (TPSA) is 15.3 Å². The Morgan fingerprint density at radius 3 is 2.62 bits per heavy atom. The van der Waals surface area contributed by atoms with Crippen molar-refractivity contribution in [2.45, 2.75) is 33.2 Å². The van der Waals surface area contributed by atoms with E-state index in [-0.39, 0.29) is 0 Å². The Morgan fingerprint density at radius 2 is 2.15 bits per heavy atom. The zero-order valence-corrected chi connectivity index (χ0v) is 9.51. The molecule has 1 aliphatic rings. The van der Waals surface area contributed by atoms with Crippen molar-refractivity contribution in [1.82, 2.24) is 10.2 Å². The fourth-order valence-corrected chi connectivity index (χ4v) is 2.18. The zero-order chi connectivity index (χ0) is 9.84. The lowest BCUT2D eigenvalue weighted by molar-refractivity contribution is 0.253. The molecule has 1 N–H and O–H groups in total. The quantitative estimate of drug-likeness (QED) is 0.713. The molecular weight excluding hydrogens is 160 g/mol. The number of rotatable bonds is 4. The van der Waals surface area contributed by atoms with Gasteiger partial charge in [-0.25, -0.2) is 0 Å². The van der Waals surface area contributed by atoms with Crippen LogP contribution in [0.5, 0.6) is 0 Å². The first-order valence-corrected chi connectivity index (χ1v) is 5.51. The van der Waals surface area contributed by atoms with E-state index >= 15 is 0 Å². The molecule has 0 aliphatic carbocycles. The van der Waals surface area contributed by atoms with Crippen LogP contribution >= 0.6 is 0 Å². The predicted octanol–water partition coefficient (Wildman–Crippen LogP) is 1.57. The van der Waals surface area contributed by atoms with Crippen molar-refractivity contribution in [3.8, 4) is 0 Å². The summed E-state index contributed by atoms with van der Waals surface area (Å²) >= 11 is 0. The van der Waals surface area contributed by atoms with E-state index in [1.54, 1.807) is 0 Å². The summed E-state index contributed by atoms with van der Waals surface area (Å²) in [6.07, 6.45) is 1.35. The highest BCUT2D eigenvalue weighted by Gasteiger charge is 2.23. The van der Waals surface area contributed by atoms with Crippen LogP contribution in [0.2, 0.25) is 0 Å². The third-order valence-corrected chi connectivity index (χ3v) is 2.88. The fourth-order valence-electron chi connectivity index (χ4n) is 2.18. The van der Waals surface area contributed by atoms with Crippen LogP contribution in [0.25, 0.3) is 0 Å². The number of hydrogen-bond acceptors (Lipinski definition) is 2. The van der Waals surface area contributed by atoms with Gasteiger partial charge in [0.25, 0.3) is 0 Å². The lowest BCUT2D eigenvalue weighted by Gasteiger charge is -2.25. The molecule has 2 heteroatoms. The molecule has 0 saturated carbocycles. The lowest BCUT2D eigenvalue weighted by Crippen LogP contribution is -2.39. The van der Waals surface area contributed by atoms with E-state index < -0.39 is 0 Å². The minimum absolute atomic E-state index is 0.726. The van der Waals surface area contributed by atoms with E-state index in [4.69, 9.17) is 0 Å². The lowest BCUT2D eigenvalue weighted by atomic mass is 10.0. The van der Waals surface area contributed by atoms with Gasteiger partial charge >= 0.3 is 0 Å². The highest BCUT2D eigenvalue weighted by molar-refractivity contribution is 4.82. The van der Waals surface area contributed by atoms with Crippen molar-refractivity contribution in [2.24, 2.45) is 11.8 Å². The molecule has 0 bridgehead atoms. The summed E-state index contributed by atoms with van der Waals surface area (Å²) in [7, 11) is 2.23. The summed E-state index contributed by atoms with van der Waals surface area (Å²) in [5.74, 6) is 1.64. The number of nitrogens with one attached hydrogen (secondary N) is 1. The molecule has 2 unspecified atom stereocenters. The van der Waals surface area contributed by atoms with Crippen LogP contribution in [-0.2, 0) is 0 Å². The summed E-state index contributed by atoms with van der Waals surface area (Å²) in [4.78, 5) is 2.45. The van der Waals surface area contributed by atoms with Crippen LogP contribution in [0.4, 0.5) is 0 Å². The molecule has 13 heavy (non-hydrogen) atoms. The van der Waals surface area contributed by atoms with E-state index in [2.05, 4.69) is 38.0 Å². The number of hydrogen-bond donors (Lipinski definition) is 1. The Balaban J connectivity index is 2.22. The average Bonchev–Trinajstić information content (AvgIpc) is 2.34. The first-order chi connectivity index (χ1) is 6.09. The van der Waals surface area contributed by atoms with Crippen LogP contribution in [-0.4, -0.2) is 37.6 Å². The molecule has 1 rings (SSSR count). The Kier molecular flexibility index (Phi) is 4.20. The second-order valence-corrected chi connectivity index (χ2v) is 4.94. The maximum atomic E-state index is 3.57. The van der Waals surface area contributed by atoms with Gasteiger partial charge in [-0.1, -0.05) is 20.8 Å². The van der Waals surface area contributed by atoms with E-state index in [0.29, 0.717) is 0 Å². The average molecular weight is 184 g/mol. The molecular formula is C11H24N2. The predicted molar refractivity (Wildman–Crippen MR) is 57.9 cm³/mol. The molecule has 1 fully saturated rings. The summed E-state index contributed by atoms with van der Waals surface area (Å²) in [5.41, 5.74) is 0. The fraction of sp³-hybridized carbons (Fsp3) is 1.00. The number of nitrogens with zero attached hydrogens (tertiary/aromatic N) is 1. The zero-order valence-electron chi connectivity index (χ0n) is 9.51. The second-order valence-electron chi connectivity index (χ2n) is 4.94. The minimum atomic E-state index is 0.726. The third-order valence-electron chi connectivity index (χ3n) is 2.88. The van der Waals surface area contributed by atoms with Crippen LogP contribution in [0.1, 0.15) is 27.2 Å². The van der Waals surface area contributed by atoms with Gasteiger partial charge in [0.15, 0.2) is 0 Å². The van der Waals surface area contributed by atoms with Gasteiger partial charge < -0.3 is 10.2 Å². The van der Waals surface area contributed by atoms with Crippen LogP contribution in [0.3, 0.4) is 0 Å². The van der Waals surface area contributed by atoms with Gasteiger partial charge in [-0.15, -0.1) is 0 Å². The van der Waals surface area contributed by atoms with Gasteiger partial charge in [0.1, 0.15) is 0 Å². The van der Waals surface area contributed by atoms with Crippen molar-refractivity contribution >= 4 is 0 Å². The van der Waals surface area contributed by atoms with Crippen LogP contribution in [0, 0.1) is 11.8 Å². The molecule has 1 aliphatic heterocycles. The van der Waals surface area contributed by atoms with Gasteiger partial charge in [-0.05, 0) is 31.8 Å². The first-order valence-electron chi connectivity index (χ1n) is 5.51. The summed E-state index contributed by atoms with van der Waals surface area (Å²) in [5, 5.41) is 3.57. The van der Waals surface area contributed by atoms with Crippen molar-refractivity contribution in [1.29, 1.82) is 0 Å². The molecule has 78 valence electrons. The van der Waals surface area contributed by atoms with Crippen molar-refractivity contribution < 1.29 is 0 Å². The first kappa shape index (κ1) is 11.0. The Hall–Kier alpha value is -0.0800. The maximum Gasteiger partial charge on any atom is 0.0220 e. The van der Waals surface area contributed by atoms with Gasteiger partial charge in [-0.2, -0.15) is 0 Å². The van der Waals surface area contributed by atoms with E-state index in [9.17, 15) is 0 Å². The molecule has 0 amide bonds. The van der Waals surface area contributed by atoms with Crippen molar-refractivity contribution in [2.75, 3.05) is 26.7 Å². The highest BCUT2D eigenvalue weighted by atomic mass is 15.1. The summed E-state index contributed by atoms with van der Waals surface area (Å²) in [6.45, 7) is 10.5. The molecule has 1 heterocycles. The molecule has 0 aromatic heterocycles. The van der Waals surface area contributed by atoms with Gasteiger partial charge in [0.2, 0.25) is 0 Å². The van der Waals surface area contributed by atoms with E-state index in [1.165, 1.54) is 26.1 Å². The standard InChI is InChI=1S/C11H24N2/c1-9(2)7-13(4)8-11-10(3)5-6-12-11/h9-12H,5-8H2,1-4H3. The van der Waals surface area contributed by atoms with Gasteiger partial charge in [0.05, 0.1) is 0 Å². The normalized spacial score (nSPS) is 29.1. The molecule has 0 aromatic carbocycles. The Labute approximate surface area is 82.7 Å². The van der Waals surface area contributed by atoms with Gasteiger partial charge in [-0.3, -0.25) is 0 Å². The molecule has 0 radical (unpaired) electrons. The Bertz CT molecular complexity index is 145. The van der Waals surface area contributed by atoms with Crippen LogP contribution in [0.15, 0.2) is 0 Å². The highest BCUT2D eigenvalue weighted by Crippen LogP contribution is 2.15. The maximum absolute atomic E-state index is 3.57. The summed E-state index contributed by atoms with van der Waals surface area (Å²) < 4.78 is 0. The van der Waals surface area contributed by atoms with Gasteiger partial charge in [0, 0.05) is 19.1 Å². The Morgan fingerprint density at radius 1 is 1.46 bits per heavy atom. The molecule has 0 spiro atoms. The second kappa shape index (κ2) is 4.97. The molecule has 0 aromatic rings. The third kappa shape index (κ3) is 3.65. The molecule has 2 nitrogen and oxygen atoms in total. The molecule has 1 saturated heterocycles. The van der Waals surface area contributed by atoms with Crippen molar-refractivity contribution in [3.63, 3.8) is 0 Å². The summed E-state index contributed by atoms with van der Waals surface area (Å²) in [6, 6.07) is 0.726. The van der Waals surface area contributed by atoms with Crippen LogP contribution < -0.4 is 5.32 Å². The SMILES string of the molecule is CC(C)CN(C)CC1NCCC1C. The monoisotopic (exact) mass is 184 g/mol. The smallest absolute Gasteiger partial charge is 0.0220 e. The largest absolute Gasteiger partial charge is 0.312 e.